The van der Waals surface area contributed by atoms with Crippen molar-refractivity contribution >= 4 is 24.0 Å². The second-order valence-electron chi connectivity index (χ2n) is 6.24. The van der Waals surface area contributed by atoms with Crippen molar-refractivity contribution in [3.8, 4) is 0 Å². The maximum atomic E-state index is 13.3. The highest BCUT2D eigenvalue weighted by Crippen LogP contribution is 2.32. The van der Waals surface area contributed by atoms with Gasteiger partial charge in [-0.1, -0.05) is 0 Å². The van der Waals surface area contributed by atoms with E-state index in [1.165, 1.54) is 25.0 Å². The number of carbonyl (C=O) groups is 1. The van der Waals surface area contributed by atoms with Gasteiger partial charge in [0.1, 0.15) is 5.82 Å². The molecular formula is C16H22ClFN2O. The van der Waals surface area contributed by atoms with Gasteiger partial charge in [-0.2, -0.15) is 0 Å². The van der Waals surface area contributed by atoms with E-state index < -0.39 is 0 Å². The number of benzene rings is 1. The van der Waals surface area contributed by atoms with E-state index in [-0.39, 0.29) is 24.1 Å². The number of hydrogen-bond donors (Lipinski definition) is 2. The van der Waals surface area contributed by atoms with Crippen LogP contribution >= 0.6 is 12.4 Å². The van der Waals surface area contributed by atoms with E-state index in [2.05, 4.69) is 10.6 Å². The van der Waals surface area contributed by atoms with Crippen molar-refractivity contribution in [1.82, 2.24) is 5.32 Å². The Labute approximate surface area is 131 Å². The molecule has 0 saturated carbocycles. The van der Waals surface area contributed by atoms with Gasteiger partial charge in [-0.25, -0.2) is 4.39 Å². The first kappa shape index (κ1) is 16.2. The lowest BCUT2D eigenvalue weighted by molar-refractivity contribution is -0.117. The van der Waals surface area contributed by atoms with Crippen molar-refractivity contribution < 1.29 is 9.18 Å². The number of amides is 1. The SMILES string of the molecule is Cc1cc(F)cc(NC(=O)CC2CC3CCC(C2)N3)c1.Cl. The number of rotatable bonds is 3. The minimum atomic E-state index is -0.305. The zero-order valence-electron chi connectivity index (χ0n) is 12.2. The number of fused-ring (bicyclic) bond motifs is 2. The summed E-state index contributed by atoms with van der Waals surface area (Å²) in [5.41, 5.74) is 1.38. The molecule has 0 radical (unpaired) electrons. The molecule has 2 fully saturated rings. The van der Waals surface area contributed by atoms with Gasteiger partial charge in [0.25, 0.3) is 0 Å². The van der Waals surface area contributed by atoms with Crippen molar-refractivity contribution in [3.63, 3.8) is 0 Å². The molecule has 0 aliphatic carbocycles. The molecule has 2 atom stereocenters. The number of hydrogen-bond acceptors (Lipinski definition) is 2. The Morgan fingerprint density at radius 1 is 1.29 bits per heavy atom. The second kappa shape index (κ2) is 6.75. The number of nitrogens with one attached hydrogen (secondary N) is 2. The van der Waals surface area contributed by atoms with Crippen molar-refractivity contribution in [1.29, 1.82) is 0 Å². The molecule has 5 heteroatoms. The summed E-state index contributed by atoms with van der Waals surface area (Å²) in [6.45, 7) is 1.82. The van der Waals surface area contributed by atoms with Crippen LogP contribution in [0.25, 0.3) is 0 Å². The van der Waals surface area contributed by atoms with Crippen molar-refractivity contribution in [3.05, 3.63) is 29.6 Å². The van der Waals surface area contributed by atoms with Gasteiger partial charge in [0.05, 0.1) is 0 Å². The molecule has 3 rings (SSSR count). The monoisotopic (exact) mass is 312 g/mol. The fourth-order valence-corrected chi connectivity index (χ4v) is 3.62. The quantitative estimate of drug-likeness (QED) is 0.898. The summed E-state index contributed by atoms with van der Waals surface area (Å²) in [7, 11) is 0. The van der Waals surface area contributed by atoms with Gasteiger partial charge < -0.3 is 10.6 Å². The van der Waals surface area contributed by atoms with Gasteiger partial charge in [0, 0.05) is 24.2 Å². The van der Waals surface area contributed by atoms with E-state index in [1.54, 1.807) is 6.07 Å². The summed E-state index contributed by atoms with van der Waals surface area (Å²) in [5, 5.41) is 6.40. The van der Waals surface area contributed by atoms with Gasteiger partial charge in [0.2, 0.25) is 5.91 Å². The molecule has 0 aromatic heterocycles. The maximum Gasteiger partial charge on any atom is 0.224 e. The first-order valence-corrected chi connectivity index (χ1v) is 7.41. The number of anilines is 1. The Morgan fingerprint density at radius 2 is 1.95 bits per heavy atom. The number of halogens is 2. The van der Waals surface area contributed by atoms with E-state index in [4.69, 9.17) is 0 Å². The molecule has 1 amide bonds. The third-order valence-corrected chi connectivity index (χ3v) is 4.37. The van der Waals surface area contributed by atoms with Crippen LogP contribution in [0, 0.1) is 18.7 Å². The number of aryl methyl sites for hydroxylation is 1. The Balaban J connectivity index is 0.00000161. The summed E-state index contributed by atoms with van der Waals surface area (Å²) in [4.78, 5) is 12.1. The van der Waals surface area contributed by atoms with Crippen molar-refractivity contribution in [2.75, 3.05) is 5.32 Å². The number of piperidine rings is 1. The molecule has 2 heterocycles. The summed E-state index contributed by atoms with van der Waals surface area (Å²) in [5.74, 6) is 0.157. The average molecular weight is 313 g/mol. The molecule has 2 saturated heterocycles. The molecule has 21 heavy (non-hydrogen) atoms. The predicted octanol–water partition coefficient (Wildman–Crippen LogP) is 3.42. The minimum absolute atomic E-state index is 0. The van der Waals surface area contributed by atoms with Gasteiger partial charge in [-0.15, -0.1) is 12.4 Å². The van der Waals surface area contributed by atoms with Crippen LogP contribution in [-0.2, 0) is 4.79 Å². The molecule has 2 aliphatic heterocycles. The maximum absolute atomic E-state index is 13.3. The predicted molar refractivity (Wildman–Crippen MR) is 84.3 cm³/mol. The third-order valence-electron chi connectivity index (χ3n) is 4.37. The molecular weight excluding hydrogens is 291 g/mol. The van der Waals surface area contributed by atoms with Crippen LogP contribution in [0.3, 0.4) is 0 Å². The van der Waals surface area contributed by atoms with E-state index in [1.807, 2.05) is 6.92 Å². The molecule has 1 aromatic rings. The van der Waals surface area contributed by atoms with E-state index in [0.29, 0.717) is 30.1 Å². The number of carbonyl (C=O) groups excluding carboxylic acids is 1. The largest absolute Gasteiger partial charge is 0.326 e. The highest BCUT2D eigenvalue weighted by Gasteiger charge is 2.34. The zero-order valence-corrected chi connectivity index (χ0v) is 13.0. The van der Waals surface area contributed by atoms with Crippen LogP contribution in [0.2, 0.25) is 0 Å². The average Bonchev–Trinajstić information content (AvgIpc) is 2.67. The molecule has 2 aliphatic rings. The minimum Gasteiger partial charge on any atom is -0.326 e. The smallest absolute Gasteiger partial charge is 0.224 e. The van der Waals surface area contributed by atoms with Gasteiger partial charge >= 0.3 is 0 Å². The normalized spacial score (nSPS) is 27.0. The second-order valence-corrected chi connectivity index (χ2v) is 6.24. The van der Waals surface area contributed by atoms with Crippen molar-refractivity contribution in [2.45, 2.75) is 51.1 Å². The summed E-state index contributed by atoms with van der Waals surface area (Å²) >= 11 is 0. The summed E-state index contributed by atoms with van der Waals surface area (Å²) < 4.78 is 13.3. The highest BCUT2D eigenvalue weighted by molar-refractivity contribution is 5.90. The molecule has 3 nitrogen and oxygen atoms in total. The highest BCUT2D eigenvalue weighted by atomic mass is 35.5. The van der Waals surface area contributed by atoms with E-state index in [9.17, 15) is 9.18 Å². The van der Waals surface area contributed by atoms with Crippen LogP contribution in [-0.4, -0.2) is 18.0 Å². The Bertz CT molecular complexity index is 491. The molecule has 2 bridgehead atoms. The summed E-state index contributed by atoms with van der Waals surface area (Å²) in [6, 6.07) is 5.83. The lowest BCUT2D eigenvalue weighted by atomic mass is 9.89. The van der Waals surface area contributed by atoms with Crippen LogP contribution in [0.5, 0.6) is 0 Å². The molecule has 116 valence electrons. The first-order chi connectivity index (χ1) is 9.58. The van der Waals surface area contributed by atoms with Crippen LogP contribution in [0.15, 0.2) is 18.2 Å². The third kappa shape index (κ3) is 4.17. The fourth-order valence-electron chi connectivity index (χ4n) is 3.62. The van der Waals surface area contributed by atoms with Gasteiger partial charge in [0.15, 0.2) is 0 Å². The molecule has 2 N–H and O–H groups in total. The van der Waals surface area contributed by atoms with Gasteiger partial charge in [-0.05, 0) is 62.3 Å². The fraction of sp³-hybridized carbons (Fsp3) is 0.562. The Hall–Kier alpha value is -1.13. The first-order valence-electron chi connectivity index (χ1n) is 7.41. The van der Waals surface area contributed by atoms with Crippen LogP contribution in [0.4, 0.5) is 10.1 Å². The molecule has 1 aromatic carbocycles. The zero-order chi connectivity index (χ0) is 14.1. The van der Waals surface area contributed by atoms with Crippen LogP contribution in [0.1, 0.15) is 37.7 Å². The van der Waals surface area contributed by atoms with Gasteiger partial charge in [-0.3, -0.25) is 4.79 Å². The van der Waals surface area contributed by atoms with Crippen molar-refractivity contribution in [2.24, 2.45) is 5.92 Å². The van der Waals surface area contributed by atoms with E-state index in [0.717, 1.165) is 18.4 Å². The molecule has 2 unspecified atom stereocenters. The standard InChI is InChI=1S/C16H21FN2O.ClH/c1-10-4-12(17)9-15(5-10)19-16(20)8-11-6-13-2-3-14(7-11)18-13;/h4-5,9,11,13-14,18H,2-3,6-8H2,1H3,(H,19,20);1H. The molecule has 0 spiro atoms. The topological polar surface area (TPSA) is 41.1 Å². The lowest BCUT2D eigenvalue weighted by Gasteiger charge is -2.28. The lowest BCUT2D eigenvalue weighted by Crippen LogP contribution is -2.39. The van der Waals surface area contributed by atoms with Crippen LogP contribution < -0.4 is 10.6 Å². The Kier molecular flexibility index (Phi) is 5.22. The Morgan fingerprint density at radius 3 is 2.57 bits per heavy atom. The summed E-state index contributed by atoms with van der Waals surface area (Å²) in [6.07, 6.45) is 5.21. The van der Waals surface area contributed by atoms with E-state index >= 15 is 0 Å².